The average Bonchev–Trinajstić information content (AvgIpc) is 2.47. The lowest BCUT2D eigenvalue weighted by atomic mass is 10.1. The molecule has 0 unspecified atom stereocenters. The van der Waals surface area contributed by atoms with Crippen molar-refractivity contribution in [3.8, 4) is 5.75 Å². The molecule has 2 rings (SSSR count). The van der Waals surface area contributed by atoms with Crippen molar-refractivity contribution in [1.82, 2.24) is 0 Å². The molecule has 0 aliphatic rings. The summed E-state index contributed by atoms with van der Waals surface area (Å²) in [7, 11) is 0. The van der Waals surface area contributed by atoms with Gasteiger partial charge in [-0.1, -0.05) is 18.2 Å². The second kappa shape index (κ2) is 6.66. The van der Waals surface area contributed by atoms with E-state index in [2.05, 4.69) is 0 Å². The van der Waals surface area contributed by atoms with E-state index >= 15 is 0 Å². The SMILES string of the molecule is CCOc1ccc(/C=C\C(=O)c2ccc(F)cc2)cc1. The van der Waals surface area contributed by atoms with Gasteiger partial charge in [-0.25, -0.2) is 4.39 Å². The molecule has 0 aliphatic carbocycles. The third kappa shape index (κ3) is 3.79. The Morgan fingerprint density at radius 1 is 1.10 bits per heavy atom. The van der Waals surface area contributed by atoms with Gasteiger partial charge in [0, 0.05) is 5.56 Å². The van der Waals surface area contributed by atoms with Crippen molar-refractivity contribution in [2.45, 2.75) is 6.92 Å². The van der Waals surface area contributed by atoms with Crippen LogP contribution in [-0.2, 0) is 0 Å². The normalized spacial score (nSPS) is 10.7. The maximum Gasteiger partial charge on any atom is 0.185 e. The predicted octanol–water partition coefficient (Wildman–Crippen LogP) is 4.12. The summed E-state index contributed by atoms with van der Waals surface area (Å²) >= 11 is 0. The van der Waals surface area contributed by atoms with E-state index in [0.717, 1.165) is 11.3 Å². The van der Waals surface area contributed by atoms with E-state index in [1.165, 1.54) is 30.3 Å². The summed E-state index contributed by atoms with van der Waals surface area (Å²) in [5.74, 6) is 0.297. The Kier molecular flexibility index (Phi) is 4.66. The second-order valence-corrected chi connectivity index (χ2v) is 4.21. The van der Waals surface area contributed by atoms with Gasteiger partial charge in [0.25, 0.3) is 0 Å². The van der Waals surface area contributed by atoms with Crippen molar-refractivity contribution in [1.29, 1.82) is 0 Å². The van der Waals surface area contributed by atoms with Crippen LogP contribution < -0.4 is 4.74 Å². The minimum Gasteiger partial charge on any atom is -0.494 e. The highest BCUT2D eigenvalue weighted by Gasteiger charge is 2.01. The topological polar surface area (TPSA) is 26.3 Å². The van der Waals surface area contributed by atoms with E-state index in [-0.39, 0.29) is 11.6 Å². The fourth-order valence-corrected chi connectivity index (χ4v) is 1.72. The third-order valence-electron chi connectivity index (χ3n) is 2.75. The molecule has 0 N–H and O–H groups in total. The van der Waals surface area contributed by atoms with Crippen LogP contribution >= 0.6 is 0 Å². The highest BCUT2D eigenvalue weighted by Crippen LogP contribution is 2.13. The molecule has 0 amide bonds. The Morgan fingerprint density at radius 3 is 2.35 bits per heavy atom. The summed E-state index contributed by atoms with van der Waals surface area (Å²) in [6, 6.07) is 13.0. The van der Waals surface area contributed by atoms with Crippen LogP contribution in [0.1, 0.15) is 22.8 Å². The predicted molar refractivity (Wildman–Crippen MR) is 77.4 cm³/mol. The number of carbonyl (C=O) groups excluding carboxylic acids is 1. The van der Waals surface area contributed by atoms with Gasteiger partial charge in [0.1, 0.15) is 11.6 Å². The minimum absolute atomic E-state index is 0.154. The lowest BCUT2D eigenvalue weighted by molar-refractivity contribution is 0.104. The van der Waals surface area contributed by atoms with Crippen LogP contribution in [-0.4, -0.2) is 12.4 Å². The van der Waals surface area contributed by atoms with Crippen molar-refractivity contribution in [2.75, 3.05) is 6.61 Å². The van der Waals surface area contributed by atoms with Gasteiger partial charge < -0.3 is 4.74 Å². The number of allylic oxidation sites excluding steroid dienone is 1. The average molecular weight is 270 g/mol. The number of hydrogen-bond donors (Lipinski definition) is 0. The molecule has 0 aromatic heterocycles. The first-order valence-electron chi connectivity index (χ1n) is 6.40. The lowest BCUT2D eigenvalue weighted by Gasteiger charge is -2.02. The molecule has 0 atom stereocenters. The fourth-order valence-electron chi connectivity index (χ4n) is 1.72. The Labute approximate surface area is 117 Å². The molecule has 0 heterocycles. The zero-order valence-electron chi connectivity index (χ0n) is 11.2. The number of benzene rings is 2. The highest BCUT2D eigenvalue weighted by atomic mass is 19.1. The van der Waals surface area contributed by atoms with Gasteiger partial charge in [0.2, 0.25) is 0 Å². The monoisotopic (exact) mass is 270 g/mol. The molecule has 0 fully saturated rings. The standard InChI is InChI=1S/C17H15FO2/c1-2-20-16-10-3-13(4-11-16)5-12-17(19)14-6-8-15(18)9-7-14/h3-12H,2H2,1H3/b12-5-. The summed E-state index contributed by atoms with van der Waals surface area (Å²) in [5, 5.41) is 0. The first-order valence-corrected chi connectivity index (χ1v) is 6.40. The van der Waals surface area contributed by atoms with Crippen LogP contribution in [0.4, 0.5) is 4.39 Å². The third-order valence-corrected chi connectivity index (χ3v) is 2.75. The molecule has 0 radical (unpaired) electrons. The molecule has 102 valence electrons. The highest BCUT2D eigenvalue weighted by molar-refractivity contribution is 6.06. The van der Waals surface area contributed by atoms with E-state index < -0.39 is 0 Å². The number of rotatable bonds is 5. The van der Waals surface area contributed by atoms with Gasteiger partial charge in [0.05, 0.1) is 6.61 Å². The van der Waals surface area contributed by atoms with Crippen molar-refractivity contribution >= 4 is 11.9 Å². The number of ether oxygens (including phenoxy) is 1. The molecule has 2 nitrogen and oxygen atoms in total. The van der Waals surface area contributed by atoms with Crippen molar-refractivity contribution in [3.05, 3.63) is 71.6 Å². The summed E-state index contributed by atoms with van der Waals surface area (Å²) in [5.41, 5.74) is 1.37. The molecule has 0 aliphatic heterocycles. The summed E-state index contributed by atoms with van der Waals surface area (Å²) in [6.07, 6.45) is 3.20. The molecular formula is C17H15FO2. The van der Waals surface area contributed by atoms with Crippen molar-refractivity contribution < 1.29 is 13.9 Å². The van der Waals surface area contributed by atoms with E-state index in [9.17, 15) is 9.18 Å². The molecule has 0 spiro atoms. The Morgan fingerprint density at radius 2 is 1.75 bits per heavy atom. The van der Waals surface area contributed by atoms with Crippen LogP contribution in [0.3, 0.4) is 0 Å². The fraction of sp³-hybridized carbons (Fsp3) is 0.118. The lowest BCUT2D eigenvalue weighted by Crippen LogP contribution is -1.94. The summed E-state index contributed by atoms with van der Waals surface area (Å²) in [4.78, 5) is 11.9. The smallest absolute Gasteiger partial charge is 0.185 e. The Hall–Kier alpha value is -2.42. The van der Waals surface area contributed by atoms with Crippen LogP contribution in [0.2, 0.25) is 0 Å². The number of ketones is 1. The van der Waals surface area contributed by atoms with Crippen LogP contribution in [0.15, 0.2) is 54.6 Å². The van der Waals surface area contributed by atoms with E-state index in [1.807, 2.05) is 31.2 Å². The van der Waals surface area contributed by atoms with E-state index in [4.69, 9.17) is 4.74 Å². The maximum absolute atomic E-state index is 12.8. The second-order valence-electron chi connectivity index (χ2n) is 4.21. The Balaban J connectivity index is 2.04. The van der Waals surface area contributed by atoms with Gasteiger partial charge in [-0.3, -0.25) is 4.79 Å². The van der Waals surface area contributed by atoms with Gasteiger partial charge in [-0.05, 0) is 55.0 Å². The minimum atomic E-state index is -0.350. The molecular weight excluding hydrogens is 255 g/mol. The largest absolute Gasteiger partial charge is 0.494 e. The molecule has 2 aromatic rings. The van der Waals surface area contributed by atoms with Gasteiger partial charge >= 0.3 is 0 Å². The van der Waals surface area contributed by atoms with E-state index in [1.54, 1.807) is 6.08 Å². The van der Waals surface area contributed by atoms with Crippen LogP contribution in [0, 0.1) is 5.82 Å². The van der Waals surface area contributed by atoms with Crippen molar-refractivity contribution in [2.24, 2.45) is 0 Å². The summed E-state index contributed by atoms with van der Waals surface area (Å²) < 4.78 is 18.1. The molecule has 0 saturated heterocycles. The van der Waals surface area contributed by atoms with Crippen LogP contribution in [0.25, 0.3) is 6.08 Å². The zero-order chi connectivity index (χ0) is 14.4. The molecule has 3 heteroatoms. The maximum atomic E-state index is 12.8. The quantitative estimate of drug-likeness (QED) is 0.603. The van der Waals surface area contributed by atoms with Gasteiger partial charge in [-0.15, -0.1) is 0 Å². The molecule has 0 bridgehead atoms. The zero-order valence-corrected chi connectivity index (χ0v) is 11.2. The number of carbonyl (C=O) groups is 1. The molecule has 2 aromatic carbocycles. The molecule has 0 saturated carbocycles. The first-order chi connectivity index (χ1) is 9.69. The van der Waals surface area contributed by atoms with Crippen molar-refractivity contribution in [3.63, 3.8) is 0 Å². The number of halogens is 1. The number of hydrogen-bond acceptors (Lipinski definition) is 2. The van der Waals surface area contributed by atoms with Gasteiger partial charge in [0.15, 0.2) is 5.78 Å². The van der Waals surface area contributed by atoms with Crippen LogP contribution in [0.5, 0.6) is 5.75 Å². The Bertz CT molecular complexity index is 598. The molecule has 20 heavy (non-hydrogen) atoms. The first kappa shape index (κ1) is 14.0. The van der Waals surface area contributed by atoms with Gasteiger partial charge in [-0.2, -0.15) is 0 Å². The summed E-state index contributed by atoms with van der Waals surface area (Å²) in [6.45, 7) is 2.55. The van der Waals surface area contributed by atoms with E-state index in [0.29, 0.717) is 12.2 Å².